The molecular weight excluding hydrogens is 415 g/mol. The molecule has 2 heterocycles. The zero-order valence-electron chi connectivity index (χ0n) is 16.1. The highest BCUT2D eigenvalue weighted by molar-refractivity contribution is 14.0. The number of aliphatic imine (C=N–C) groups is 1. The zero-order chi connectivity index (χ0) is 16.8. The SMILES string of the molecule is CN=C(NCC(C)N1CCOCC1C)N1CCC(CC(C)C)C1.I. The second-order valence-corrected chi connectivity index (χ2v) is 7.67. The van der Waals surface area contributed by atoms with Gasteiger partial charge in [-0.25, -0.2) is 0 Å². The van der Waals surface area contributed by atoms with Gasteiger partial charge in [-0.05, 0) is 38.5 Å². The van der Waals surface area contributed by atoms with Crippen LogP contribution in [0.3, 0.4) is 0 Å². The van der Waals surface area contributed by atoms with Gasteiger partial charge in [-0.1, -0.05) is 13.8 Å². The van der Waals surface area contributed by atoms with Crippen molar-refractivity contribution in [1.82, 2.24) is 15.1 Å². The number of halogens is 1. The van der Waals surface area contributed by atoms with E-state index in [1.165, 1.54) is 12.8 Å². The summed E-state index contributed by atoms with van der Waals surface area (Å²) in [4.78, 5) is 9.48. The fraction of sp³-hybridized carbons (Fsp3) is 0.944. The highest BCUT2D eigenvalue weighted by Crippen LogP contribution is 2.23. The molecule has 2 rings (SSSR count). The van der Waals surface area contributed by atoms with E-state index in [-0.39, 0.29) is 24.0 Å². The lowest BCUT2D eigenvalue weighted by Crippen LogP contribution is -2.53. The number of hydrogen-bond donors (Lipinski definition) is 1. The standard InChI is InChI=1S/C18H36N4O.HI/c1-14(2)10-17-6-7-21(12-17)18(19-5)20-11-15(3)22-8-9-23-13-16(22)4;/h14-17H,6-13H2,1-5H3,(H,19,20);1H. The third-order valence-electron chi connectivity index (χ3n) is 5.14. The molecule has 0 bridgehead atoms. The molecule has 3 atom stereocenters. The molecule has 2 fully saturated rings. The summed E-state index contributed by atoms with van der Waals surface area (Å²) in [6, 6.07) is 1.00. The lowest BCUT2D eigenvalue weighted by molar-refractivity contribution is -0.0175. The summed E-state index contributed by atoms with van der Waals surface area (Å²) in [6.45, 7) is 15.2. The molecule has 0 spiro atoms. The molecule has 0 aromatic rings. The minimum atomic E-state index is 0. The molecule has 142 valence electrons. The van der Waals surface area contributed by atoms with E-state index in [4.69, 9.17) is 4.74 Å². The molecule has 0 saturated carbocycles. The molecule has 2 aliphatic rings. The van der Waals surface area contributed by atoms with Gasteiger partial charge >= 0.3 is 0 Å². The van der Waals surface area contributed by atoms with Crippen molar-refractivity contribution in [2.24, 2.45) is 16.8 Å². The van der Waals surface area contributed by atoms with Crippen molar-refractivity contribution in [2.75, 3.05) is 46.4 Å². The van der Waals surface area contributed by atoms with Crippen molar-refractivity contribution in [2.45, 2.75) is 52.6 Å². The normalized spacial score (nSPS) is 27.2. The van der Waals surface area contributed by atoms with Crippen molar-refractivity contribution in [3.05, 3.63) is 0 Å². The van der Waals surface area contributed by atoms with Crippen LogP contribution >= 0.6 is 24.0 Å². The first-order valence-corrected chi connectivity index (χ1v) is 9.30. The maximum Gasteiger partial charge on any atom is 0.193 e. The Morgan fingerprint density at radius 3 is 2.67 bits per heavy atom. The fourth-order valence-electron chi connectivity index (χ4n) is 3.97. The van der Waals surface area contributed by atoms with Crippen LogP contribution in [0.15, 0.2) is 4.99 Å². The Morgan fingerprint density at radius 2 is 2.04 bits per heavy atom. The van der Waals surface area contributed by atoms with Gasteiger partial charge in [-0.15, -0.1) is 24.0 Å². The van der Waals surface area contributed by atoms with Gasteiger partial charge < -0.3 is 15.0 Å². The van der Waals surface area contributed by atoms with Gasteiger partial charge in [-0.3, -0.25) is 9.89 Å². The van der Waals surface area contributed by atoms with Crippen LogP contribution in [0.2, 0.25) is 0 Å². The fourth-order valence-corrected chi connectivity index (χ4v) is 3.97. The summed E-state index contributed by atoms with van der Waals surface area (Å²) in [5.74, 6) is 2.69. The number of guanidine groups is 1. The molecule has 2 saturated heterocycles. The number of rotatable bonds is 5. The van der Waals surface area contributed by atoms with Crippen molar-refractivity contribution in [1.29, 1.82) is 0 Å². The van der Waals surface area contributed by atoms with Crippen LogP contribution in [-0.4, -0.2) is 74.3 Å². The number of hydrogen-bond acceptors (Lipinski definition) is 3. The second-order valence-electron chi connectivity index (χ2n) is 7.67. The predicted octanol–water partition coefficient (Wildman–Crippen LogP) is 2.66. The van der Waals surface area contributed by atoms with E-state index in [1.54, 1.807) is 0 Å². The van der Waals surface area contributed by atoms with Crippen molar-refractivity contribution in [3.63, 3.8) is 0 Å². The smallest absolute Gasteiger partial charge is 0.193 e. The number of nitrogens with zero attached hydrogens (tertiary/aromatic N) is 3. The summed E-state index contributed by atoms with van der Waals surface area (Å²) >= 11 is 0. The van der Waals surface area contributed by atoms with E-state index in [1.807, 2.05) is 7.05 Å². The molecule has 0 aliphatic carbocycles. The van der Waals surface area contributed by atoms with E-state index in [9.17, 15) is 0 Å². The van der Waals surface area contributed by atoms with Crippen LogP contribution in [0.25, 0.3) is 0 Å². The first kappa shape index (κ1) is 22.0. The van der Waals surface area contributed by atoms with Crippen LogP contribution in [0, 0.1) is 11.8 Å². The maximum absolute atomic E-state index is 5.54. The maximum atomic E-state index is 5.54. The van der Waals surface area contributed by atoms with E-state index < -0.39 is 0 Å². The van der Waals surface area contributed by atoms with Gasteiger partial charge in [0.25, 0.3) is 0 Å². The molecule has 6 heteroatoms. The van der Waals surface area contributed by atoms with Crippen molar-refractivity contribution >= 4 is 29.9 Å². The topological polar surface area (TPSA) is 40.1 Å². The van der Waals surface area contributed by atoms with Gasteiger partial charge in [0.15, 0.2) is 5.96 Å². The van der Waals surface area contributed by atoms with Crippen LogP contribution in [0.5, 0.6) is 0 Å². The van der Waals surface area contributed by atoms with Gasteiger partial charge in [0.05, 0.1) is 13.2 Å². The molecule has 5 nitrogen and oxygen atoms in total. The minimum absolute atomic E-state index is 0. The summed E-state index contributed by atoms with van der Waals surface area (Å²) in [6.07, 6.45) is 2.63. The van der Waals surface area contributed by atoms with Gasteiger partial charge in [0, 0.05) is 45.3 Å². The Hall–Kier alpha value is -0.0800. The molecule has 0 amide bonds. The van der Waals surface area contributed by atoms with Gasteiger partial charge in [0.2, 0.25) is 0 Å². The lowest BCUT2D eigenvalue weighted by atomic mass is 9.97. The average molecular weight is 452 g/mol. The Kier molecular flexibility index (Phi) is 9.89. The molecule has 2 aliphatic heterocycles. The molecule has 24 heavy (non-hydrogen) atoms. The summed E-state index contributed by atoms with van der Waals surface area (Å²) < 4.78 is 5.54. The zero-order valence-corrected chi connectivity index (χ0v) is 18.5. The third kappa shape index (κ3) is 6.33. The van der Waals surface area contributed by atoms with Gasteiger partial charge in [-0.2, -0.15) is 0 Å². The summed E-state index contributed by atoms with van der Waals surface area (Å²) in [5, 5.41) is 3.60. The first-order chi connectivity index (χ1) is 11.0. The molecular formula is C18H37IN4O. The van der Waals surface area contributed by atoms with Crippen LogP contribution in [-0.2, 0) is 4.74 Å². The molecule has 0 aromatic heterocycles. The average Bonchev–Trinajstić information content (AvgIpc) is 2.95. The Morgan fingerprint density at radius 1 is 1.29 bits per heavy atom. The van der Waals surface area contributed by atoms with Crippen LogP contribution < -0.4 is 5.32 Å². The van der Waals surface area contributed by atoms with Gasteiger partial charge in [0.1, 0.15) is 0 Å². The Bertz CT molecular complexity index is 391. The van der Waals surface area contributed by atoms with Crippen molar-refractivity contribution in [3.8, 4) is 0 Å². The van der Waals surface area contributed by atoms with E-state index in [0.29, 0.717) is 12.1 Å². The first-order valence-electron chi connectivity index (χ1n) is 9.30. The predicted molar refractivity (Wildman–Crippen MR) is 112 cm³/mol. The third-order valence-corrected chi connectivity index (χ3v) is 5.14. The highest BCUT2D eigenvalue weighted by Gasteiger charge is 2.27. The summed E-state index contributed by atoms with van der Waals surface area (Å²) in [7, 11) is 1.90. The minimum Gasteiger partial charge on any atom is -0.379 e. The number of likely N-dealkylation sites (tertiary alicyclic amines) is 1. The number of morpholine rings is 1. The quantitative estimate of drug-likeness (QED) is 0.396. The van der Waals surface area contributed by atoms with E-state index in [2.05, 4.69) is 47.8 Å². The molecule has 0 radical (unpaired) electrons. The number of nitrogens with one attached hydrogen (secondary N) is 1. The number of ether oxygens (including phenoxy) is 1. The van der Waals surface area contributed by atoms with E-state index >= 15 is 0 Å². The molecule has 3 unspecified atom stereocenters. The van der Waals surface area contributed by atoms with E-state index in [0.717, 1.165) is 57.2 Å². The molecule has 0 aromatic carbocycles. The highest BCUT2D eigenvalue weighted by atomic mass is 127. The summed E-state index contributed by atoms with van der Waals surface area (Å²) in [5.41, 5.74) is 0. The largest absolute Gasteiger partial charge is 0.379 e. The monoisotopic (exact) mass is 452 g/mol. The second kappa shape index (κ2) is 10.8. The Balaban J connectivity index is 0.00000288. The Labute approximate surface area is 165 Å². The molecule has 1 N–H and O–H groups in total. The van der Waals surface area contributed by atoms with Crippen molar-refractivity contribution < 1.29 is 4.74 Å². The van der Waals surface area contributed by atoms with Crippen LogP contribution in [0.1, 0.15) is 40.5 Å². The van der Waals surface area contributed by atoms with Crippen LogP contribution in [0.4, 0.5) is 0 Å². The lowest BCUT2D eigenvalue weighted by Gasteiger charge is -2.38.